The first-order valence-electron chi connectivity index (χ1n) is 6.84. The molecule has 1 aliphatic rings. The molecule has 0 aromatic heterocycles. The third kappa shape index (κ3) is 4.23. The van der Waals surface area contributed by atoms with Gasteiger partial charge < -0.3 is 5.32 Å². The SMILES string of the molecule is CNC(CCCc1ccc(C(F)(F)F)cc1)C1CC1. The van der Waals surface area contributed by atoms with Crippen molar-refractivity contribution in [2.75, 3.05) is 7.05 Å². The molecular formula is C15H20F3N. The minimum absolute atomic E-state index is 0.567. The molecule has 0 radical (unpaired) electrons. The number of nitrogens with one attached hydrogen (secondary N) is 1. The fourth-order valence-corrected chi connectivity index (χ4v) is 2.50. The average molecular weight is 271 g/mol. The summed E-state index contributed by atoms with van der Waals surface area (Å²) < 4.78 is 37.2. The minimum atomic E-state index is -4.23. The van der Waals surface area contributed by atoms with E-state index in [1.165, 1.54) is 25.0 Å². The van der Waals surface area contributed by atoms with Crippen LogP contribution in [0.5, 0.6) is 0 Å². The van der Waals surface area contributed by atoms with E-state index in [0.717, 1.165) is 30.7 Å². The van der Waals surface area contributed by atoms with Crippen molar-refractivity contribution in [1.29, 1.82) is 0 Å². The quantitative estimate of drug-likeness (QED) is 0.823. The topological polar surface area (TPSA) is 12.0 Å². The molecule has 1 aromatic carbocycles. The normalized spacial score (nSPS) is 17.5. The van der Waals surface area contributed by atoms with E-state index >= 15 is 0 Å². The van der Waals surface area contributed by atoms with Gasteiger partial charge in [0.25, 0.3) is 0 Å². The van der Waals surface area contributed by atoms with Gasteiger partial charge in [0.15, 0.2) is 0 Å². The molecular weight excluding hydrogens is 251 g/mol. The van der Waals surface area contributed by atoms with Crippen molar-refractivity contribution >= 4 is 0 Å². The maximum absolute atomic E-state index is 12.4. The van der Waals surface area contributed by atoms with Crippen LogP contribution in [0.4, 0.5) is 13.2 Å². The lowest BCUT2D eigenvalue weighted by molar-refractivity contribution is -0.137. The van der Waals surface area contributed by atoms with E-state index in [0.29, 0.717) is 6.04 Å². The van der Waals surface area contributed by atoms with E-state index in [2.05, 4.69) is 5.32 Å². The van der Waals surface area contributed by atoms with Gasteiger partial charge >= 0.3 is 6.18 Å². The Kier molecular flexibility index (Phi) is 4.50. The van der Waals surface area contributed by atoms with Crippen molar-refractivity contribution in [2.45, 2.75) is 44.3 Å². The second-order valence-corrected chi connectivity index (χ2v) is 5.32. The first-order valence-corrected chi connectivity index (χ1v) is 6.84. The number of halogens is 3. The van der Waals surface area contributed by atoms with Crippen molar-refractivity contribution in [1.82, 2.24) is 5.32 Å². The molecule has 2 rings (SSSR count). The lowest BCUT2D eigenvalue weighted by Gasteiger charge is -2.15. The zero-order chi connectivity index (χ0) is 13.9. The molecule has 0 spiro atoms. The van der Waals surface area contributed by atoms with Gasteiger partial charge in [0.1, 0.15) is 0 Å². The molecule has 1 unspecified atom stereocenters. The number of aryl methyl sites for hydroxylation is 1. The van der Waals surface area contributed by atoms with E-state index in [1.54, 1.807) is 12.1 Å². The highest BCUT2D eigenvalue weighted by Crippen LogP contribution is 2.34. The van der Waals surface area contributed by atoms with Crippen LogP contribution in [-0.2, 0) is 12.6 Å². The summed E-state index contributed by atoms with van der Waals surface area (Å²) in [6.07, 6.45) is 1.36. The third-order valence-corrected chi connectivity index (χ3v) is 3.82. The summed E-state index contributed by atoms with van der Waals surface area (Å²) >= 11 is 0. The summed E-state index contributed by atoms with van der Waals surface area (Å²) in [7, 11) is 1.99. The van der Waals surface area contributed by atoms with Crippen molar-refractivity contribution in [3.8, 4) is 0 Å². The van der Waals surface area contributed by atoms with Gasteiger partial charge in [0.2, 0.25) is 0 Å². The lowest BCUT2D eigenvalue weighted by Crippen LogP contribution is -2.27. The molecule has 106 valence electrons. The second kappa shape index (κ2) is 5.95. The summed E-state index contributed by atoms with van der Waals surface area (Å²) in [6, 6.07) is 6.11. The van der Waals surface area contributed by atoms with Crippen LogP contribution in [-0.4, -0.2) is 13.1 Å². The summed E-state index contributed by atoms with van der Waals surface area (Å²) in [5.41, 5.74) is 0.418. The molecule has 0 bridgehead atoms. The van der Waals surface area contributed by atoms with Gasteiger partial charge in [0.05, 0.1) is 5.56 Å². The first kappa shape index (κ1) is 14.4. The largest absolute Gasteiger partial charge is 0.416 e. The van der Waals surface area contributed by atoms with E-state index in [4.69, 9.17) is 0 Å². The Morgan fingerprint density at radius 1 is 1.21 bits per heavy atom. The monoisotopic (exact) mass is 271 g/mol. The maximum Gasteiger partial charge on any atom is 0.416 e. The number of benzene rings is 1. The van der Waals surface area contributed by atoms with Crippen LogP contribution in [0.25, 0.3) is 0 Å². The summed E-state index contributed by atoms with van der Waals surface area (Å²) in [5.74, 6) is 0.817. The van der Waals surface area contributed by atoms with Crippen LogP contribution in [0.2, 0.25) is 0 Å². The molecule has 1 N–H and O–H groups in total. The van der Waals surface area contributed by atoms with Crippen LogP contribution in [0.1, 0.15) is 36.8 Å². The second-order valence-electron chi connectivity index (χ2n) is 5.32. The van der Waals surface area contributed by atoms with Crippen LogP contribution < -0.4 is 5.32 Å². The molecule has 19 heavy (non-hydrogen) atoms. The van der Waals surface area contributed by atoms with Gasteiger partial charge in [0, 0.05) is 6.04 Å². The Morgan fingerprint density at radius 3 is 2.32 bits per heavy atom. The highest BCUT2D eigenvalue weighted by atomic mass is 19.4. The predicted molar refractivity (Wildman–Crippen MR) is 70.0 cm³/mol. The number of rotatable bonds is 6. The van der Waals surface area contributed by atoms with E-state index in [-0.39, 0.29) is 0 Å². The Labute approximate surface area is 112 Å². The Balaban J connectivity index is 1.79. The average Bonchev–Trinajstić information content (AvgIpc) is 3.18. The van der Waals surface area contributed by atoms with Crippen LogP contribution in [0.3, 0.4) is 0 Å². The van der Waals surface area contributed by atoms with Crippen LogP contribution in [0, 0.1) is 5.92 Å². The number of alkyl halides is 3. The van der Waals surface area contributed by atoms with Gasteiger partial charge in [-0.25, -0.2) is 0 Å². The maximum atomic E-state index is 12.4. The molecule has 1 atom stereocenters. The van der Waals surface area contributed by atoms with E-state index in [9.17, 15) is 13.2 Å². The minimum Gasteiger partial charge on any atom is -0.317 e. The van der Waals surface area contributed by atoms with E-state index in [1.807, 2.05) is 7.05 Å². The smallest absolute Gasteiger partial charge is 0.317 e. The zero-order valence-corrected chi connectivity index (χ0v) is 11.1. The molecule has 1 aliphatic carbocycles. The standard InChI is InChI=1S/C15H20F3N/c1-19-14(12-7-8-12)4-2-3-11-5-9-13(10-6-11)15(16,17)18/h5-6,9-10,12,14,19H,2-4,7-8H2,1H3. The van der Waals surface area contributed by atoms with Crippen molar-refractivity contribution < 1.29 is 13.2 Å². The summed E-state index contributed by atoms with van der Waals surface area (Å²) in [4.78, 5) is 0. The third-order valence-electron chi connectivity index (χ3n) is 3.82. The van der Waals surface area contributed by atoms with Gasteiger partial charge in [-0.05, 0) is 62.8 Å². The summed E-state index contributed by atoms with van der Waals surface area (Å²) in [6.45, 7) is 0. The molecule has 0 amide bonds. The Hall–Kier alpha value is -1.03. The molecule has 1 fully saturated rings. The van der Waals surface area contributed by atoms with Gasteiger partial charge in [-0.1, -0.05) is 12.1 Å². The summed E-state index contributed by atoms with van der Waals surface area (Å²) in [5, 5.41) is 3.33. The van der Waals surface area contributed by atoms with Crippen LogP contribution in [0.15, 0.2) is 24.3 Å². The van der Waals surface area contributed by atoms with Crippen molar-refractivity contribution in [2.24, 2.45) is 5.92 Å². The van der Waals surface area contributed by atoms with Gasteiger partial charge in [-0.15, -0.1) is 0 Å². The molecule has 0 heterocycles. The van der Waals surface area contributed by atoms with Gasteiger partial charge in [-0.2, -0.15) is 13.2 Å². The van der Waals surface area contributed by atoms with Crippen molar-refractivity contribution in [3.05, 3.63) is 35.4 Å². The van der Waals surface area contributed by atoms with E-state index < -0.39 is 11.7 Å². The molecule has 1 nitrogen and oxygen atoms in total. The molecule has 0 saturated heterocycles. The molecule has 0 aliphatic heterocycles. The highest BCUT2D eigenvalue weighted by Gasteiger charge is 2.30. The Morgan fingerprint density at radius 2 is 1.84 bits per heavy atom. The molecule has 4 heteroatoms. The predicted octanol–water partition coefficient (Wildman–Crippen LogP) is 4.03. The molecule has 1 aromatic rings. The molecule has 1 saturated carbocycles. The number of hydrogen-bond acceptors (Lipinski definition) is 1. The Bertz CT molecular complexity index is 393. The fourth-order valence-electron chi connectivity index (χ4n) is 2.50. The highest BCUT2D eigenvalue weighted by molar-refractivity contribution is 5.24. The van der Waals surface area contributed by atoms with Gasteiger partial charge in [-0.3, -0.25) is 0 Å². The van der Waals surface area contributed by atoms with Crippen molar-refractivity contribution in [3.63, 3.8) is 0 Å². The lowest BCUT2D eigenvalue weighted by atomic mass is 10.0. The fraction of sp³-hybridized carbons (Fsp3) is 0.600. The first-order chi connectivity index (χ1) is 9.00. The zero-order valence-electron chi connectivity index (χ0n) is 11.1. The van der Waals surface area contributed by atoms with Crippen LogP contribution >= 0.6 is 0 Å². The number of hydrogen-bond donors (Lipinski definition) is 1.